The Bertz CT molecular complexity index is 775. The van der Waals surface area contributed by atoms with Crippen LogP contribution >= 0.6 is 0 Å². The van der Waals surface area contributed by atoms with E-state index in [1.807, 2.05) is 0 Å². The molecule has 0 unspecified atom stereocenters. The van der Waals surface area contributed by atoms with Gasteiger partial charge in [0.2, 0.25) is 15.9 Å². The predicted molar refractivity (Wildman–Crippen MR) is 89.4 cm³/mol. The Morgan fingerprint density at radius 2 is 2.08 bits per heavy atom. The van der Waals surface area contributed by atoms with Crippen molar-refractivity contribution in [3.8, 4) is 0 Å². The van der Waals surface area contributed by atoms with Gasteiger partial charge in [0.1, 0.15) is 5.54 Å². The zero-order chi connectivity index (χ0) is 18.1. The van der Waals surface area contributed by atoms with Gasteiger partial charge in [0.25, 0.3) is 0 Å². The highest BCUT2D eigenvalue weighted by molar-refractivity contribution is 7.89. The number of sulfonamides is 1. The highest BCUT2D eigenvalue weighted by Gasteiger charge is 2.37. The first kappa shape index (κ1) is 18.4. The summed E-state index contributed by atoms with van der Waals surface area (Å²) in [6.07, 6.45) is 1.28. The largest absolute Gasteiger partial charge is 0.480 e. The monoisotopic (exact) mass is 354 g/mol. The van der Waals surface area contributed by atoms with Crippen LogP contribution in [0.5, 0.6) is 0 Å². The third-order valence-corrected chi connectivity index (χ3v) is 6.12. The van der Waals surface area contributed by atoms with Crippen molar-refractivity contribution in [2.24, 2.45) is 0 Å². The number of anilines is 1. The van der Waals surface area contributed by atoms with Gasteiger partial charge in [0.15, 0.2) is 0 Å². The second-order valence-electron chi connectivity index (χ2n) is 6.20. The van der Waals surface area contributed by atoms with Gasteiger partial charge in [-0.1, -0.05) is 13.0 Å². The maximum atomic E-state index is 12.7. The van der Waals surface area contributed by atoms with Gasteiger partial charge < -0.3 is 10.0 Å². The van der Waals surface area contributed by atoms with Crippen molar-refractivity contribution in [1.82, 2.24) is 4.72 Å². The summed E-state index contributed by atoms with van der Waals surface area (Å²) in [6, 6.07) is 4.76. The van der Waals surface area contributed by atoms with Gasteiger partial charge in [0.05, 0.1) is 4.90 Å². The number of benzene rings is 1. The van der Waals surface area contributed by atoms with E-state index in [9.17, 15) is 23.1 Å². The normalized spacial score (nSPS) is 17.8. The molecule has 8 heteroatoms. The van der Waals surface area contributed by atoms with E-state index in [2.05, 4.69) is 4.72 Å². The Balaban J connectivity index is 2.43. The lowest BCUT2D eigenvalue weighted by Gasteiger charge is -2.25. The number of nitrogens with zero attached hydrogens (tertiary/aromatic N) is 1. The van der Waals surface area contributed by atoms with E-state index in [4.69, 9.17) is 0 Å². The quantitative estimate of drug-likeness (QED) is 0.808. The molecule has 132 valence electrons. The second-order valence-corrected chi connectivity index (χ2v) is 7.85. The minimum absolute atomic E-state index is 0.0133. The van der Waals surface area contributed by atoms with Crippen LogP contribution in [0.1, 0.15) is 38.7 Å². The minimum Gasteiger partial charge on any atom is -0.480 e. The third-order valence-electron chi connectivity index (χ3n) is 4.39. The molecule has 1 amide bonds. The van der Waals surface area contributed by atoms with Gasteiger partial charge >= 0.3 is 5.97 Å². The van der Waals surface area contributed by atoms with Crippen molar-refractivity contribution in [3.05, 3.63) is 23.8 Å². The zero-order valence-electron chi connectivity index (χ0n) is 14.0. The molecule has 1 aromatic carbocycles. The average Bonchev–Trinajstić information content (AvgIpc) is 2.93. The molecular formula is C16H22N2O5S. The molecule has 24 heavy (non-hydrogen) atoms. The topological polar surface area (TPSA) is 104 Å². The average molecular weight is 354 g/mol. The lowest BCUT2D eigenvalue weighted by Crippen LogP contribution is -2.51. The predicted octanol–water partition coefficient (Wildman–Crippen LogP) is 1.65. The Labute approximate surface area is 141 Å². The van der Waals surface area contributed by atoms with E-state index < -0.39 is 21.5 Å². The smallest absolute Gasteiger partial charge is 0.324 e. The summed E-state index contributed by atoms with van der Waals surface area (Å²) in [4.78, 5) is 24.8. The highest BCUT2D eigenvalue weighted by atomic mass is 32.2. The Kier molecular flexibility index (Phi) is 5.00. The summed E-state index contributed by atoms with van der Waals surface area (Å²) in [5, 5.41) is 9.29. The van der Waals surface area contributed by atoms with E-state index in [1.165, 1.54) is 13.0 Å². The van der Waals surface area contributed by atoms with Gasteiger partial charge in [-0.15, -0.1) is 0 Å². The number of carbonyl (C=O) groups is 2. The lowest BCUT2D eigenvalue weighted by atomic mass is 10.0. The van der Waals surface area contributed by atoms with Gasteiger partial charge in [-0.25, -0.2) is 8.42 Å². The van der Waals surface area contributed by atoms with Crippen molar-refractivity contribution >= 4 is 27.6 Å². The number of hydrogen-bond acceptors (Lipinski definition) is 4. The van der Waals surface area contributed by atoms with E-state index in [-0.39, 0.29) is 17.2 Å². The van der Waals surface area contributed by atoms with Crippen LogP contribution < -0.4 is 9.62 Å². The second kappa shape index (κ2) is 6.52. The number of nitrogens with one attached hydrogen (secondary N) is 1. The van der Waals surface area contributed by atoms with Crippen molar-refractivity contribution in [2.75, 3.05) is 11.4 Å². The summed E-state index contributed by atoms with van der Waals surface area (Å²) >= 11 is 0. The number of amides is 1. The van der Waals surface area contributed by atoms with E-state index in [0.29, 0.717) is 24.2 Å². The lowest BCUT2D eigenvalue weighted by molar-refractivity contribution is -0.143. The van der Waals surface area contributed by atoms with Gasteiger partial charge in [-0.05, 0) is 44.4 Å². The molecule has 1 aliphatic rings. The molecule has 0 radical (unpaired) electrons. The van der Waals surface area contributed by atoms with Crippen LogP contribution in [0.15, 0.2) is 23.1 Å². The van der Waals surface area contributed by atoms with Crippen LogP contribution in [0.25, 0.3) is 0 Å². The summed E-state index contributed by atoms with van der Waals surface area (Å²) in [5.41, 5.74) is -0.594. The van der Waals surface area contributed by atoms with E-state index >= 15 is 0 Å². The fourth-order valence-electron chi connectivity index (χ4n) is 2.59. The maximum absolute atomic E-state index is 12.7. The number of carboxylic acids is 1. The summed E-state index contributed by atoms with van der Waals surface area (Å²) in [6.45, 7) is 5.11. The first-order chi connectivity index (χ1) is 11.1. The molecule has 0 bridgehead atoms. The summed E-state index contributed by atoms with van der Waals surface area (Å²) in [7, 11) is -4.04. The van der Waals surface area contributed by atoms with Crippen molar-refractivity contribution in [3.63, 3.8) is 0 Å². The molecule has 1 heterocycles. The molecule has 1 fully saturated rings. The molecule has 1 saturated heterocycles. The van der Waals surface area contributed by atoms with Crippen molar-refractivity contribution in [2.45, 2.75) is 50.5 Å². The Morgan fingerprint density at radius 3 is 2.58 bits per heavy atom. The molecule has 1 atom stereocenters. The standard InChI is InChI=1S/C16H22N2O5S/c1-4-16(3,15(20)21)17-24(22,23)13-10-12(8-7-11(13)2)18-9-5-6-14(18)19/h7-8,10,17H,4-6,9H2,1-3H3,(H,20,21)/t16-/m1/s1. The molecule has 1 aliphatic heterocycles. The molecule has 7 nitrogen and oxygen atoms in total. The third kappa shape index (κ3) is 3.44. The van der Waals surface area contributed by atoms with Gasteiger partial charge in [-0.2, -0.15) is 4.72 Å². The SMILES string of the molecule is CC[C@@](C)(NS(=O)(=O)c1cc(N2CCCC2=O)ccc1C)C(=O)O. The van der Waals surface area contributed by atoms with Crippen molar-refractivity contribution in [1.29, 1.82) is 0 Å². The van der Waals surface area contributed by atoms with Crippen molar-refractivity contribution < 1.29 is 23.1 Å². The number of aliphatic carboxylic acids is 1. The fourth-order valence-corrected chi connectivity index (χ4v) is 4.29. The Hall–Kier alpha value is -1.93. The first-order valence-corrected chi connectivity index (χ1v) is 9.27. The van der Waals surface area contributed by atoms with Gasteiger partial charge in [-0.3, -0.25) is 9.59 Å². The summed E-state index contributed by atoms with van der Waals surface area (Å²) in [5.74, 6) is -1.28. The number of carbonyl (C=O) groups excluding carboxylic acids is 1. The number of hydrogen-bond donors (Lipinski definition) is 2. The zero-order valence-corrected chi connectivity index (χ0v) is 14.8. The van der Waals surface area contributed by atoms with E-state index in [0.717, 1.165) is 6.42 Å². The molecule has 2 N–H and O–H groups in total. The van der Waals surface area contributed by atoms with Crippen LogP contribution in [0.4, 0.5) is 5.69 Å². The number of carboxylic acid groups (broad SMARTS) is 1. The van der Waals surface area contributed by atoms with Crippen LogP contribution in [0.3, 0.4) is 0 Å². The fraction of sp³-hybridized carbons (Fsp3) is 0.500. The van der Waals surface area contributed by atoms with Crippen LogP contribution in [-0.4, -0.2) is 37.5 Å². The molecule has 0 aromatic heterocycles. The molecule has 2 rings (SSSR count). The van der Waals surface area contributed by atoms with Crippen LogP contribution in [0, 0.1) is 6.92 Å². The maximum Gasteiger partial charge on any atom is 0.324 e. The molecular weight excluding hydrogens is 332 g/mol. The van der Waals surface area contributed by atoms with Gasteiger partial charge in [0, 0.05) is 18.7 Å². The molecule has 0 aliphatic carbocycles. The van der Waals surface area contributed by atoms with Crippen LogP contribution in [0.2, 0.25) is 0 Å². The Morgan fingerprint density at radius 1 is 1.42 bits per heavy atom. The van der Waals surface area contributed by atoms with E-state index in [1.54, 1.807) is 30.9 Å². The highest BCUT2D eigenvalue weighted by Crippen LogP contribution is 2.27. The first-order valence-electron chi connectivity index (χ1n) is 7.79. The number of rotatable bonds is 6. The molecule has 0 spiro atoms. The molecule has 0 saturated carbocycles. The number of aryl methyl sites for hydroxylation is 1. The summed E-state index contributed by atoms with van der Waals surface area (Å²) < 4.78 is 27.7. The van der Waals surface area contributed by atoms with Crippen LogP contribution in [-0.2, 0) is 19.6 Å². The molecule has 1 aromatic rings. The minimum atomic E-state index is -4.04.